The van der Waals surface area contributed by atoms with E-state index in [4.69, 9.17) is 0 Å². The van der Waals surface area contributed by atoms with E-state index in [0.29, 0.717) is 12.1 Å². The minimum atomic E-state index is -0.0930. The Kier molecular flexibility index (Phi) is 5.34. The van der Waals surface area contributed by atoms with Crippen LogP contribution < -0.4 is 10.2 Å². The number of fused-ring (bicyclic) bond motifs is 1. The standard InChI is InChI=1S/C21H22N4O2S/c1-2-24-18-10-4-3-9-17(18)23-21(24)28-14-19(26)22-15-7-5-8-16(13-15)25-12-6-11-20(25)27/h3-5,7-10,13H,2,6,11-12,14H2,1H3,(H,22,26). The summed E-state index contributed by atoms with van der Waals surface area (Å²) in [6.45, 7) is 3.61. The van der Waals surface area contributed by atoms with Gasteiger partial charge >= 0.3 is 0 Å². The van der Waals surface area contributed by atoms with E-state index in [2.05, 4.69) is 21.8 Å². The molecule has 1 N–H and O–H groups in total. The van der Waals surface area contributed by atoms with Crippen molar-refractivity contribution in [2.45, 2.75) is 31.5 Å². The van der Waals surface area contributed by atoms with Crippen molar-refractivity contribution in [2.24, 2.45) is 0 Å². The predicted octanol–water partition coefficient (Wildman–Crippen LogP) is 3.91. The molecule has 0 atom stereocenters. The number of aromatic nitrogens is 2. The summed E-state index contributed by atoms with van der Waals surface area (Å²) in [5.74, 6) is 0.318. The molecule has 0 bridgehead atoms. The van der Waals surface area contributed by atoms with E-state index in [-0.39, 0.29) is 17.6 Å². The molecule has 7 heteroatoms. The zero-order valence-corrected chi connectivity index (χ0v) is 16.5. The molecule has 2 aromatic carbocycles. The number of amides is 2. The molecule has 1 aromatic heterocycles. The first kappa shape index (κ1) is 18.6. The van der Waals surface area contributed by atoms with Gasteiger partial charge in [0.05, 0.1) is 16.8 Å². The van der Waals surface area contributed by atoms with Crippen LogP contribution in [0.15, 0.2) is 53.7 Å². The van der Waals surface area contributed by atoms with E-state index in [1.165, 1.54) is 11.8 Å². The number of imidazole rings is 1. The third-order valence-electron chi connectivity index (χ3n) is 4.78. The highest BCUT2D eigenvalue weighted by atomic mass is 32.2. The summed E-state index contributed by atoms with van der Waals surface area (Å²) < 4.78 is 2.12. The van der Waals surface area contributed by atoms with Gasteiger partial charge in [-0.05, 0) is 43.7 Å². The van der Waals surface area contributed by atoms with Gasteiger partial charge in [0, 0.05) is 30.9 Å². The number of hydrogen-bond acceptors (Lipinski definition) is 4. The molecule has 0 radical (unpaired) electrons. The minimum Gasteiger partial charge on any atom is -0.325 e. The fraction of sp³-hybridized carbons (Fsp3) is 0.286. The molecule has 3 aromatic rings. The van der Waals surface area contributed by atoms with Crippen molar-refractivity contribution < 1.29 is 9.59 Å². The molecule has 2 heterocycles. The predicted molar refractivity (Wildman–Crippen MR) is 113 cm³/mol. The SMILES string of the molecule is CCn1c(SCC(=O)Nc2cccc(N3CCCC3=O)c2)nc2ccccc21. The lowest BCUT2D eigenvalue weighted by Gasteiger charge is -2.16. The van der Waals surface area contributed by atoms with Crippen LogP contribution in [0.4, 0.5) is 11.4 Å². The fourth-order valence-corrected chi connectivity index (χ4v) is 4.35. The molecule has 2 amide bonds. The van der Waals surface area contributed by atoms with E-state index >= 15 is 0 Å². The molecule has 1 aliphatic rings. The Balaban J connectivity index is 1.42. The summed E-state index contributed by atoms with van der Waals surface area (Å²) >= 11 is 1.43. The zero-order valence-electron chi connectivity index (χ0n) is 15.7. The van der Waals surface area contributed by atoms with Crippen molar-refractivity contribution in [2.75, 3.05) is 22.5 Å². The molecule has 1 saturated heterocycles. The number of thioether (sulfide) groups is 1. The van der Waals surface area contributed by atoms with Crippen LogP contribution in [0.2, 0.25) is 0 Å². The number of nitrogens with one attached hydrogen (secondary N) is 1. The van der Waals surface area contributed by atoms with Gasteiger partial charge in [0.25, 0.3) is 0 Å². The lowest BCUT2D eigenvalue weighted by atomic mass is 10.2. The fourth-order valence-electron chi connectivity index (χ4n) is 3.47. The highest BCUT2D eigenvalue weighted by Gasteiger charge is 2.21. The molecule has 0 unspecified atom stereocenters. The molecule has 4 rings (SSSR count). The largest absolute Gasteiger partial charge is 0.325 e. The maximum Gasteiger partial charge on any atom is 0.234 e. The second-order valence-electron chi connectivity index (χ2n) is 6.66. The zero-order chi connectivity index (χ0) is 19.5. The number of carbonyl (C=O) groups is 2. The summed E-state index contributed by atoms with van der Waals surface area (Å²) in [7, 11) is 0. The summed E-state index contributed by atoms with van der Waals surface area (Å²) in [6, 6.07) is 15.4. The molecular formula is C21H22N4O2S. The molecule has 1 aliphatic heterocycles. The maximum absolute atomic E-state index is 12.4. The number of hydrogen-bond donors (Lipinski definition) is 1. The summed E-state index contributed by atoms with van der Waals surface area (Å²) in [5.41, 5.74) is 3.55. The van der Waals surface area contributed by atoms with Gasteiger partial charge in [-0.2, -0.15) is 0 Å². The van der Waals surface area contributed by atoms with Crippen molar-refractivity contribution in [1.82, 2.24) is 9.55 Å². The number of carbonyl (C=O) groups excluding carboxylic acids is 2. The van der Waals surface area contributed by atoms with Crippen LogP contribution >= 0.6 is 11.8 Å². The molecule has 1 fully saturated rings. The van der Waals surface area contributed by atoms with E-state index < -0.39 is 0 Å². The van der Waals surface area contributed by atoms with E-state index in [9.17, 15) is 9.59 Å². The molecule has 0 saturated carbocycles. The van der Waals surface area contributed by atoms with Crippen molar-refractivity contribution in [3.63, 3.8) is 0 Å². The van der Waals surface area contributed by atoms with Crippen LogP contribution in [0.1, 0.15) is 19.8 Å². The molecular weight excluding hydrogens is 372 g/mol. The van der Waals surface area contributed by atoms with Crippen LogP contribution in [-0.4, -0.2) is 33.7 Å². The third kappa shape index (κ3) is 3.75. The Labute approximate surface area is 167 Å². The number of nitrogens with zero attached hydrogens (tertiary/aromatic N) is 3. The Morgan fingerprint density at radius 1 is 1.21 bits per heavy atom. The van der Waals surface area contributed by atoms with Gasteiger partial charge in [-0.3, -0.25) is 9.59 Å². The number of aryl methyl sites for hydroxylation is 1. The van der Waals surface area contributed by atoms with Crippen molar-refractivity contribution in [1.29, 1.82) is 0 Å². The summed E-state index contributed by atoms with van der Waals surface area (Å²) in [5, 5.41) is 3.77. The van der Waals surface area contributed by atoms with Gasteiger partial charge in [0.2, 0.25) is 11.8 Å². The van der Waals surface area contributed by atoms with Gasteiger partial charge < -0.3 is 14.8 Å². The quantitative estimate of drug-likeness (QED) is 0.644. The Bertz CT molecular complexity index is 1030. The van der Waals surface area contributed by atoms with Crippen LogP contribution in [0.25, 0.3) is 11.0 Å². The number of anilines is 2. The molecule has 28 heavy (non-hydrogen) atoms. The van der Waals surface area contributed by atoms with Crippen LogP contribution in [-0.2, 0) is 16.1 Å². The maximum atomic E-state index is 12.4. The Morgan fingerprint density at radius 2 is 2.07 bits per heavy atom. The normalized spacial score (nSPS) is 14.0. The summed E-state index contributed by atoms with van der Waals surface area (Å²) in [6.07, 6.45) is 1.47. The van der Waals surface area contributed by atoms with E-state index in [1.807, 2.05) is 48.5 Å². The Morgan fingerprint density at radius 3 is 2.86 bits per heavy atom. The van der Waals surface area contributed by atoms with Gasteiger partial charge in [0.1, 0.15) is 0 Å². The number of benzene rings is 2. The second-order valence-corrected chi connectivity index (χ2v) is 7.61. The topological polar surface area (TPSA) is 67.2 Å². The molecule has 0 aliphatic carbocycles. The minimum absolute atomic E-state index is 0.0930. The average molecular weight is 395 g/mol. The lowest BCUT2D eigenvalue weighted by Crippen LogP contribution is -2.23. The lowest BCUT2D eigenvalue weighted by molar-refractivity contribution is -0.117. The number of para-hydroxylation sites is 2. The number of rotatable bonds is 6. The average Bonchev–Trinajstić information content (AvgIpc) is 3.29. The highest BCUT2D eigenvalue weighted by Crippen LogP contribution is 2.26. The van der Waals surface area contributed by atoms with Crippen molar-refractivity contribution >= 4 is 46.0 Å². The van der Waals surface area contributed by atoms with Crippen LogP contribution in [0.3, 0.4) is 0 Å². The van der Waals surface area contributed by atoms with Crippen molar-refractivity contribution in [3.8, 4) is 0 Å². The molecule has 144 valence electrons. The smallest absolute Gasteiger partial charge is 0.234 e. The van der Waals surface area contributed by atoms with Crippen LogP contribution in [0, 0.1) is 0 Å². The van der Waals surface area contributed by atoms with E-state index in [1.54, 1.807) is 4.90 Å². The first-order valence-corrected chi connectivity index (χ1v) is 10.4. The van der Waals surface area contributed by atoms with Gasteiger partial charge in [0.15, 0.2) is 5.16 Å². The molecule has 0 spiro atoms. The van der Waals surface area contributed by atoms with Crippen molar-refractivity contribution in [3.05, 3.63) is 48.5 Å². The van der Waals surface area contributed by atoms with Crippen LogP contribution in [0.5, 0.6) is 0 Å². The first-order chi connectivity index (χ1) is 13.7. The third-order valence-corrected chi connectivity index (χ3v) is 5.76. The monoisotopic (exact) mass is 394 g/mol. The van der Waals surface area contributed by atoms with E-state index in [0.717, 1.165) is 41.4 Å². The second kappa shape index (κ2) is 8.06. The summed E-state index contributed by atoms with van der Waals surface area (Å²) in [4.78, 5) is 30.8. The van der Waals surface area contributed by atoms with Gasteiger partial charge in [-0.1, -0.05) is 30.0 Å². The Hall–Kier alpha value is -2.80. The van der Waals surface area contributed by atoms with Gasteiger partial charge in [-0.15, -0.1) is 0 Å². The molecule has 6 nitrogen and oxygen atoms in total. The first-order valence-electron chi connectivity index (χ1n) is 9.44. The van der Waals surface area contributed by atoms with Gasteiger partial charge in [-0.25, -0.2) is 4.98 Å². The highest BCUT2D eigenvalue weighted by molar-refractivity contribution is 7.99.